The van der Waals surface area contributed by atoms with Crippen molar-refractivity contribution in [3.8, 4) is 0 Å². The minimum Gasteiger partial charge on any atom is -0.399 e. The Kier molecular flexibility index (Phi) is 2.71. The molecule has 3 nitrogen and oxygen atoms in total. The van der Waals surface area contributed by atoms with Gasteiger partial charge in [-0.15, -0.1) is 0 Å². The fourth-order valence-electron chi connectivity index (χ4n) is 2.38. The van der Waals surface area contributed by atoms with Crippen molar-refractivity contribution in [2.75, 3.05) is 17.2 Å². The van der Waals surface area contributed by atoms with Gasteiger partial charge in [0.1, 0.15) is 5.82 Å². The molecule has 19 heavy (non-hydrogen) atoms. The zero-order valence-electron chi connectivity index (χ0n) is 10.3. The van der Waals surface area contributed by atoms with Crippen LogP contribution in [0.3, 0.4) is 0 Å². The predicted molar refractivity (Wildman–Crippen MR) is 72.6 cm³/mol. The fourth-order valence-corrected chi connectivity index (χ4v) is 2.38. The molecule has 0 radical (unpaired) electrons. The summed E-state index contributed by atoms with van der Waals surface area (Å²) in [5.41, 5.74) is 8.90. The number of benzene rings is 2. The maximum Gasteiger partial charge on any atom is 0.258 e. The molecule has 1 aliphatic heterocycles. The quantitative estimate of drug-likeness (QED) is 0.797. The number of carbonyl (C=O) groups is 1. The molecule has 0 saturated heterocycles. The molecule has 0 atom stereocenters. The minimum absolute atomic E-state index is 0.108. The number of nitrogen functional groups attached to an aromatic ring is 1. The molecule has 1 heterocycles. The number of nitrogens with zero attached hydrogens (tertiary/aromatic N) is 1. The van der Waals surface area contributed by atoms with Crippen molar-refractivity contribution >= 4 is 17.3 Å². The van der Waals surface area contributed by atoms with Gasteiger partial charge in [0.2, 0.25) is 0 Å². The highest BCUT2D eigenvalue weighted by molar-refractivity contribution is 6.07. The normalized spacial score (nSPS) is 13.4. The van der Waals surface area contributed by atoms with E-state index in [0.29, 0.717) is 17.8 Å². The maximum absolute atomic E-state index is 12.9. The number of carbonyl (C=O) groups excluding carboxylic acids is 1. The van der Waals surface area contributed by atoms with Crippen LogP contribution in [0.4, 0.5) is 15.8 Å². The van der Waals surface area contributed by atoms with E-state index in [1.807, 2.05) is 12.1 Å². The van der Waals surface area contributed by atoms with Crippen LogP contribution in [0.1, 0.15) is 15.9 Å². The molecule has 4 heteroatoms. The van der Waals surface area contributed by atoms with Gasteiger partial charge < -0.3 is 10.6 Å². The number of anilines is 2. The van der Waals surface area contributed by atoms with Crippen LogP contribution in [0.15, 0.2) is 42.5 Å². The van der Waals surface area contributed by atoms with Crippen molar-refractivity contribution in [2.45, 2.75) is 6.42 Å². The third-order valence-electron chi connectivity index (χ3n) is 3.34. The Morgan fingerprint density at radius 2 is 1.89 bits per heavy atom. The summed E-state index contributed by atoms with van der Waals surface area (Å²) in [6.45, 7) is 0.634. The van der Waals surface area contributed by atoms with Gasteiger partial charge in [-0.3, -0.25) is 4.79 Å². The van der Waals surface area contributed by atoms with E-state index in [2.05, 4.69) is 0 Å². The van der Waals surface area contributed by atoms with Gasteiger partial charge in [-0.1, -0.05) is 0 Å². The van der Waals surface area contributed by atoms with E-state index in [-0.39, 0.29) is 11.7 Å². The first-order chi connectivity index (χ1) is 9.15. The van der Waals surface area contributed by atoms with E-state index in [1.54, 1.807) is 11.0 Å². The Morgan fingerprint density at radius 1 is 1.16 bits per heavy atom. The Morgan fingerprint density at radius 3 is 2.63 bits per heavy atom. The van der Waals surface area contributed by atoms with Crippen molar-refractivity contribution in [3.63, 3.8) is 0 Å². The van der Waals surface area contributed by atoms with Crippen LogP contribution in [0.25, 0.3) is 0 Å². The standard InChI is InChI=1S/C15H13FN2O/c16-12-3-1-10(2-4-12)15(19)18-8-7-11-9-13(17)5-6-14(11)18/h1-6,9H,7-8,17H2. The van der Waals surface area contributed by atoms with Crippen molar-refractivity contribution in [1.29, 1.82) is 0 Å². The smallest absolute Gasteiger partial charge is 0.258 e. The summed E-state index contributed by atoms with van der Waals surface area (Å²) in [7, 11) is 0. The average Bonchev–Trinajstić information content (AvgIpc) is 2.81. The Labute approximate surface area is 110 Å². The monoisotopic (exact) mass is 256 g/mol. The van der Waals surface area contributed by atoms with Gasteiger partial charge in [-0.2, -0.15) is 0 Å². The zero-order chi connectivity index (χ0) is 13.4. The van der Waals surface area contributed by atoms with E-state index in [9.17, 15) is 9.18 Å². The number of fused-ring (bicyclic) bond motifs is 1. The third kappa shape index (κ3) is 2.05. The van der Waals surface area contributed by atoms with E-state index in [4.69, 9.17) is 5.73 Å². The van der Waals surface area contributed by atoms with E-state index in [0.717, 1.165) is 17.7 Å². The van der Waals surface area contributed by atoms with Crippen molar-refractivity contribution < 1.29 is 9.18 Å². The van der Waals surface area contributed by atoms with Crippen molar-refractivity contribution in [1.82, 2.24) is 0 Å². The van der Waals surface area contributed by atoms with E-state index >= 15 is 0 Å². The molecular weight excluding hydrogens is 243 g/mol. The minimum atomic E-state index is -0.342. The topological polar surface area (TPSA) is 46.3 Å². The summed E-state index contributed by atoms with van der Waals surface area (Å²) in [6.07, 6.45) is 0.799. The number of hydrogen-bond donors (Lipinski definition) is 1. The van der Waals surface area contributed by atoms with Crippen LogP contribution in [0.2, 0.25) is 0 Å². The van der Waals surface area contributed by atoms with Gasteiger partial charge in [0.15, 0.2) is 0 Å². The van der Waals surface area contributed by atoms with Crippen LogP contribution < -0.4 is 10.6 Å². The van der Waals surface area contributed by atoms with Crippen molar-refractivity contribution in [3.05, 3.63) is 59.4 Å². The SMILES string of the molecule is Nc1ccc2c(c1)CCN2C(=O)c1ccc(F)cc1. The molecule has 2 aromatic rings. The van der Waals surface area contributed by atoms with E-state index in [1.165, 1.54) is 24.3 Å². The first kappa shape index (κ1) is 11.7. The van der Waals surface area contributed by atoms with Gasteiger partial charge in [-0.05, 0) is 54.4 Å². The van der Waals surface area contributed by atoms with Gasteiger partial charge in [-0.25, -0.2) is 4.39 Å². The second-order valence-corrected chi connectivity index (χ2v) is 4.60. The van der Waals surface area contributed by atoms with E-state index < -0.39 is 0 Å². The molecule has 1 amide bonds. The second-order valence-electron chi connectivity index (χ2n) is 4.60. The summed E-state index contributed by atoms with van der Waals surface area (Å²) in [4.78, 5) is 14.1. The molecule has 3 rings (SSSR count). The van der Waals surface area contributed by atoms with Crippen LogP contribution in [-0.2, 0) is 6.42 Å². The summed E-state index contributed by atoms with van der Waals surface area (Å²) in [6, 6.07) is 11.2. The molecule has 96 valence electrons. The number of halogens is 1. The van der Waals surface area contributed by atoms with Gasteiger partial charge >= 0.3 is 0 Å². The molecular formula is C15H13FN2O. The molecule has 2 aromatic carbocycles. The summed E-state index contributed by atoms with van der Waals surface area (Å²) in [5.74, 6) is -0.449. The molecule has 0 saturated carbocycles. The molecule has 0 aliphatic carbocycles. The lowest BCUT2D eigenvalue weighted by Crippen LogP contribution is -2.28. The summed E-state index contributed by atoms with van der Waals surface area (Å²) >= 11 is 0. The van der Waals surface area contributed by atoms with Crippen LogP contribution in [-0.4, -0.2) is 12.5 Å². The number of hydrogen-bond acceptors (Lipinski definition) is 2. The Bertz CT molecular complexity index is 637. The predicted octanol–water partition coefficient (Wildman–Crippen LogP) is 2.61. The lowest BCUT2D eigenvalue weighted by atomic mass is 10.1. The third-order valence-corrected chi connectivity index (χ3v) is 3.34. The van der Waals surface area contributed by atoms with Crippen molar-refractivity contribution in [2.24, 2.45) is 0 Å². The van der Waals surface area contributed by atoms with Crippen LogP contribution >= 0.6 is 0 Å². The molecule has 0 fully saturated rings. The molecule has 0 aromatic heterocycles. The van der Waals surface area contributed by atoms with Gasteiger partial charge in [0.05, 0.1) is 0 Å². The highest BCUT2D eigenvalue weighted by Gasteiger charge is 2.25. The zero-order valence-corrected chi connectivity index (χ0v) is 10.3. The maximum atomic E-state index is 12.9. The summed E-state index contributed by atoms with van der Waals surface area (Å²) in [5, 5.41) is 0. The lowest BCUT2D eigenvalue weighted by molar-refractivity contribution is 0.0989. The molecule has 1 aliphatic rings. The Balaban J connectivity index is 1.93. The first-order valence-electron chi connectivity index (χ1n) is 6.11. The van der Waals surface area contributed by atoms with Crippen LogP contribution in [0, 0.1) is 5.82 Å². The number of rotatable bonds is 1. The Hall–Kier alpha value is -2.36. The molecule has 2 N–H and O–H groups in total. The summed E-state index contributed by atoms with van der Waals surface area (Å²) < 4.78 is 12.9. The lowest BCUT2D eigenvalue weighted by Gasteiger charge is -2.17. The van der Waals surface area contributed by atoms with Crippen LogP contribution in [0.5, 0.6) is 0 Å². The second kappa shape index (κ2) is 4.39. The molecule has 0 bridgehead atoms. The highest BCUT2D eigenvalue weighted by Crippen LogP contribution is 2.30. The highest BCUT2D eigenvalue weighted by atomic mass is 19.1. The number of nitrogens with two attached hydrogens (primary N) is 1. The fraction of sp³-hybridized carbons (Fsp3) is 0.133. The first-order valence-corrected chi connectivity index (χ1v) is 6.11. The average molecular weight is 256 g/mol. The largest absolute Gasteiger partial charge is 0.399 e. The van der Waals surface area contributed by atoms with Gasteiger partial charge in [0, 0.05) is 23.5 Å². The number of amides is 1. The van der Waals surface area contributed by atoms with Gasteiger partial charge in [0.25, 0.3) is 5.91 Å². The molecule has 0 unspecified atom stereocenters. The molecule has 0 spiro atoms.